The molecule has 2 aromatic rings. The molecule has 0 aliphatic carbocycles. The van der Waals surface area contributed by atoms with E-state index >= 15 is 0 Å². The molecule has 5 nitrogen and oxygen atoms in total. The van der Waals surface area contributed by atoms with Gasteiger partial charge in [-0.15, -0.1) is 11.8 Å². The third-order valence-corrected chi connectivity index (χ3v) is 4.32. The predicted octanol–water partition coefficient (Wildman–Crippen LogP) is 3.24. The number of nitriles is 2. The van der Waals surface area contributed by atoms with Crippen molar-refractivity contribution in [1.29, 1.82) is 10.5 Å². The number of para-hydroxylation sites is 1. The van der Waals surface area contributed by atoms with Gasteiger partial charge in [-0.3, -0.25) is 9.69 Å². The fraction of sp³-hybridized carbons (Fsp3) is 0.211. The maximum atomic E-state index is 12.3. The molecule has 0 aromatic heterocycles. The Morgan fingerprint density at radius 3 is 2.76 bits per heavy atom. The minimum Gasteiger partial charge on any atom is -0.324 e. The number of hydrogen-bond acceptors (Lipinski definition) is 5. The quantitative estimate of drug-likeness (QED) is 0.776. The number of rotatable bonds is 7. The molecule has 0 bridgehead atoms. The Morgan fingerprint density at radius 1 is 1.20 bits per heavy atom. The molecular formula is C19H18N4OS. The summed E-state index contributed by atoms with van der Waals surface area (Å²) in [7, 11) is 1.86. The summed E-state index contributed by atoms with van der Waals surface area (Å²) in [4.78, 5) is 15.0. The maximum Gasteiger partial charge on any atom is 0.238 e. The monoisotopic (exact) mass is 350 g/mol. The Labute approximate surface area is 151 Å². The molecule has 0 spiro atoms. The number of carbonyl (C=O) groups excluding carboxylic acids is 1. The molecule has 6 heteroatoms. The number of carbonyl (C=O) groups is 1. The molecule has 0 saturated carbocycles. The molecule has 25 heavy (non-hydrogen) atoms. The normalized spacial score (nSPS) is 10.1. The van der Waals surface area contributed by atoms with Gasteiger partial charge in [-0.25, -0.2) is 0 Å². The van der Waals surface area contributed by atoms with Crippen LogP contribution in [0.1, 0.15) is 11.1 Å². The lowest BCUT2D eigenvalue weighted by atomic mass is 10.1. The third kappa shape index (κ3) is 5.96. The second kappa shape index (κ2) is 9.48. The van der Waals surface area contributed by atoms with E-state index < -0.39 is 0 Å². The van der Waals surface area contributed by atoms with Gasteiger partial charge in [0.2, 0.25) is 5.91 Å². The van der Waals surface area contributed by atoms with Gasteiger partial charge in [-0.1, -0.05) is 24.3 Å². The number of benzene rings is 2. The van der Waals surface area contributed by atoms with Crippen molar-refractivity contribution in [2.45, 2.75) is 11.4 Å². The summed E-state index contributed by atoms with van der Waals surface area (Å²) in [6, 6.07) is 19.0. The lowest BCUT2D eigenvalue weighted by molar-refractivity contribution is -0.117. The van der Waals surface area contributed by atoms with Gasteiger partial charge in [0.1, 0.15) is 0 Å². The zero-order valence-corrected chi connectivity index (χ0v) is 14.7. The van der Waals surface area contributed by atoms with Crippen LogP contribution in [0.2, 0.25) is 0 Å². The first-order valence-corrected chi connectivity index (χ1v) is 8.67. The third-order valence-electron chi connectivity index (χ3n) is 3.38. The van der Waals surface area contributed by atoms with E-state index in [1.807, 2.05) is 54.4 Å². The van der Waals surface area contributed by atoms with E-state index in [-0.39, 0.29) is 12.5 Å². The number of hydrogen-bond donors (Lipinski definition) is 1. The number of likely N-dealkylation sites (N-methyl/N-ethyl adjacent to an activating group) is 1. The average Bonchev–Trinajstić information content (AvgIpc) is 2.61. The Hall–Kier alpha value is -2.80. The van der Waals surface area contributed by atoms with Crippen LogP contribution in [0.25, 0.3) is 0 Å². The van der Waals surface area contributed by atoms with Crippen LogP contribution in [0.4, 0.5) is 5.69 Å². The SMILES string of the molecule is CN(CC(=O)Nc1ccccc1SCC#N)Cc1cccc(C#N)c1. The van der Waals surface area contributed by atoms with Crippen molar-refractivity contribution in [3.05, 3.63) is 59.7 Å². The molecule has 0 heterocycles. The summed E-state index contributed by atoms with van der Waals surface area (Å²) in [5, 5.41) is 20.6. The molecule has 1 N–H and O–H groups in total. The summed E-state index contributed by atoms with van der Waals surface area (Å²) >= 11 is 1.39. The highest BCUT2D eigenvalue weighted by Gasteiger charge is 2.10. The van der Waals surface area contributed by atoms with Gasteiger partial charge in [0.05, 0.1) is 35.7 Å². The van der Waals surface area contributed by atoms with E-state index in [9.17, 15) is 4.79 Å². The molecule has 0 aliphatic heterocycles. The minimum absolute atomic E-state index is 0.121. The standard InChI is InChI=1S/C19H18N4OS/c1-23(13-16-6-4-5-15(11-16)12-21)14-19(24)22-17-7-2-3-8-18(17)25-10-9-20/h2-8,11H,10,13-14H2,1H3,(H,22,24). The van der Waals surface area contributed by atoms with E-state index in [1.54, 1.807) is 6.07 Å². The molecule has 0 saturated heterocycles. The van der Waals surface area contributed by atoms with E-state index in [1.165, 1.54) is 11.8 Å². The predicted molar refractivity (Wildman–Crippen MR) is 98.9 cm³/mol. The molecule has 2 rings (SSSR count). The molecule has 0 atom stereocenters. The number of thioether (sulfide) groups is 1. The number of nitrogens with zero attached hydrogens (tertiary/aromatic N) is 3. The van der Waals surface area contributed by atoms with E-state index in [0.717, 1.165) is 10.5 Å². The second-order valence-electron chi connectivity index (χ2n) is 5.48. The maximum absolute atomic E-state index is 12.3. The molecule has 1 amide bonds. The molecule has 0 radical (unpaired) electrons. The van der Waals surface area contributed by atoms with E-state index in [0.29, 0.717) is 23.5 Å². The van der Waals surface area contributed by atoms with Gasteiger partial charge in [0.25, 0.3) is 0 Å². The zero-order valence-electron chi connectivity index (χ0n) is 13.9. The Balaban J connectivity index is 1.94. The van der Waals surface area contributed by atoms with Crippen molar-refractivity contribution in [3.8, 4) is 12.1 Å². The van der Waals surface area contributed by atoms with Crippen molar-refractivity contribution >= 4 is 23.4 Å². The largest absolute Gasteiger partial charge is 0.324 e. The summed E-state index contributed by atoms with van der Waals surface area (Å²) < 4.78 is 0. The molecule has 0 unspecified atom stereocenters. The average molecular weight is 350 g/mol. The Morgan fingerprint density at radius 2 is 2.00 bits per heavy atom. The van der Waals surface area contributed by atoms with Crippen LogP contribution in [-0.2, 0) is 11.3 Å². The van der Waals surface area contributed by atoms with Gasteiger partial charge >= 0.3 is 0 Å². The van der Waals surface area contributed by atoms with Crippen LogP contribution in [0.5, 0.6) is 0 Å². The van der Waals surface area contributed by atoms with Crippen LogP contribution in [0, 0.1) is 22.7 Å². The van der Waals surface area contributed by atoms with Crippen LogP contribution in [0.15, 0.2) is 53.4 Å². The highest BCUT2D eigenvalue weighted by Crippen LogP contribution is 2.26. The highest BCUT2D eigenvalue weighted by molar-refractivity contribution is 7.99. The first-order valence-electron chi connectivity index (χ1n) is 7.68. The second-order valence-corrected chi connectivity index (χ2v) is 6.49. The van der Waals surface area contributed by atoms with Gasteiger partial charge in [-0.05, 0) is 36.9 Å². The molecule has 126 valence electrons. The highest BCUT2D eigenvalue weighted by atomic mass is 32.2. The van der Waals surface area contributed by atoms with Crippen molar-refractivity contribution in [2.24, 2.45) is 0 Å². The van der Waals surface area contributed by atoms with Crippen molar-refractivity contribution in [2.75, 3.05) is 24.7 Å². The Bertz CT molecular complexity index is 823. The van der Waals surface area contributed by atoms with Gasteiger partial charge < -0.3 is 5.32 Å². The molecule has 0 aliphatic rings. The summed E-state index contributed by atoms with van der Waals surface area (Å²) in [5.74, 6) is 0.214. The fourth-order valence-corrected chi connectivity index (χ4v) is 3.02. The van der Waals surface area contributed by atoms with Crippen molar-refractivity contribution < 1.29 is 4.79 Å². The summed E-state index contributed by atoms with van der Waals surface area (Å²) in [6.45, 7) is 0.807. The summed E-state index contributed by atoms with van der Waals surface area (Å²) in [5.41, 5.74) is 2.31. The fourth-order valence-electron chi connectivity index (χ4n) is 2.35. The lowest BCUT2D eigenvalue weighted by Gasteiger charge is -2.17. The topological polar surface area (TPSA) is 79.9 Å². The first kappa shape index (κ1) is 18.5. The lowest BCUT2D eigenvalue weighted by Crippen LogP contribution is -2.30. The number of nitrogens with one attached hydrogen (secondary N) is 1. The van der Waals surface area contributed by atoms with E-state index in [4.69, 9.17) is 10.5 Å². The van der Waals surface area contributed by atoms with E-state index in [2.05, 4.69) is 17.5 Å². The van der Waals surface area contributed by atoms with Crippen molar-refractivity contribution in [1.82, 2.24) is 4.90 Å². The van der Waals surface area contributed by atoms with Crippen LogP contribution in [-0.4, -0.2) is 30.2 Å². The zero-order chi connectivity index (χ0) is 18.1. The molecular weight excluding hydrogens is 332 g/mol. The van der Waals surface area contributed by atoms with Gasteiger partial charge in [-0.2, -0.15) is 10.5 Å². The summed E-state index contributed by atoms with van der Waals surface area (Å²) in [6.07, 6.45) is 0. The number of anilines is 1. The minimum atomic E-state index is -0.121. The molecule has 2 aromatic carbocycles. The Kier molecular flexibility index (Phi) is 7.03. The van der Waals surface area contributed by atoms with Crippen molar-refractivity contribution in [3.63, 3.8) is 0 Å². The smallest absolute Gasteiger partial charge is 0.238 e. The number of amides is 1. The van der Waals surface area contributed by atoms with Crippen LogP contribution >= 0.6 is 11.8 Å². The first-order chi connectivity index (χ1) is 12.1. The van der Waals surface area contributed by atoms with Crippen LogP contribution < -0.4 is 5.32 Å². The molecule has 0 fully saturated rings. The van der Waals surface area contributed by atoms with Gasteiger partial charge in [0.15, 0.2) is 0 Å². The van der Waals surface area contributed by atoms with Crippen LogP contribution in [0.3, 0.4) is 0 Å². The van der Waals surface area contributed by atoms with Gasteiger partial charge in [0, 0.05) is 11.4 Å².